The molecule has 25 nitrogen and oxygen atoms in total. The van der Waals surface area contributed by atoms with Gasteiger partial charge in [-0.2, -0.15) is 4.72 Å². The van der Waals surface area contributed by atoms with Crippen molar-refractivity contribution in [1.29, 1.82) is 0 Å². The Morgan fingerprint density at radius 2 is 1.52 bits per heavy atom. The molecule has 1 aromatic carbocycles. The minimum absolute atomic E-state index is 0. The molecule has 1 saturated heterocycles. The van der Waals surface area contributed by atoms with Crippen LogP contribution in [0.3, 0.4) is 0 Å². The van der Waals surface area contributed by atoms with E-state index in [1.807, 2.05) is 4.72 Å². The second-order valence-corrected chi connectivity index (χ2v) is 17.9. The molecule has 0 aliphatic carbocycles. The molecule has 1 aromatic rings. The van der Waals surface area contributed by atoms with Gasteiger partial charge in [-0.25, -0.2) is 13.2 Å². The zero-order valence-electron chi connectivity index (χ0n) is 37.0. The molecule has 0 radical (unpaired) electrons. The van der Waals surface area contributed by atoms with E-state index in [9.17, 15) is 62.4 Å². The van der Waals surface area contributed by atoms with Crippen molar-refractivity contribution in [2.45, 2.75) is 45.2 Å². The average molecular weight is 1010 g/mol. The number of hydrogen-bond donors (Lipinski definition) is 7. The van der Waals surface area contributed by atoms with Crippen LogP contribution >= 0.6 is 0 Å². The molecular formula is C39H59GaN10O15S. The Kier molecular flexibility index (Phi) is 24.8. The van der Waals surface area contributed by atoms with Crippen molar-refractivity contribution >= 4 is 77.6 Å². The fraction of sp³-hybridized carbons (Fsp3) is 0.641. The van der Waals surface area contributed by atoms with Gasteiger partial charge in [0.2, 0.25) is 15.9 Å². The molecule has 0 aromatic heterocycles. The maximum absolute atomic E-state index is 12.8. The monoisotopic (exact) mass is 1010 g/mol. The van der Waals surface area contributed by atoms with E-state index in [0.717, 1.165) is 19.5 Å². The van der Waals surface area contributed by atoms with Crippen LogP contribution in [0, 0.1) is 5.41 Å². The third kappa shape index (κ3) is 22.8. The molecule has 3 amide bonds. The number of rotatable bonds is 26. The molecule has 3 rings (SSSR count). The number of carboxylic acids is 4. The Bertz CT molecular complexity index is 1900. The van der Waals surface area contributed by atoms with E-state index in [1.165, 1.54) is 26.8 Å². The molecule has 66 heavy (non-hydrogen) atoms. The average Bonchev–Trinajstić information content (AvgIpc) is 3.33. The number of carbonyl (C=O) groups is 7. The van der Waals surface area contributed by atoms with Crippen molar-refractivity contribution in [1.82, 2.24) is 46.0 Å². The van der Waals surface area contributed by atoms with Gasteiger partial charge in [-0.15, -0.1) is 0 Å². The van der Waals surface area contributed by atoms with E-state index >= 15 is 0 Å². The second-order valence-electron chi connectivity index (χ2n) is 16.0. The molecule has 2 aliphatic heterocycles. The molecule has 0 saturated carbocycles. The molecule has 364 valence electrons. The van der Waals surface area contributed by atoms with Gasteiger partial charge in [0.05, 0.1) is 36.8 Å². The number of aliphatic carboxylic acids is 4. The van der Waals surface area contributed by atoms with Gasteiger partial charge in [0.1, 0.15) is 18.4 Å². The quantitative estimate of drug-likeness (QED) is 0.0335. The number of carbonyl (C=O) groups excluding carboxylic acids is 6. The number of alkyl carbamates (subject to hydrolysis) is 1. The van der Waals surface area contributed by atoms with E-state index in [0.29, 0.717) is 24.9 Å². The van der Waals surface area contributed by atoms with Crippen molar-refractivity contribution < 1.29 is 71.9 Å². The number of hydrogen-bond acceptors (Lipinski definition) is 20. The third-order valence-corrected chi connectivity index (χ3v) is 11.3. The van der Waals surface area contributed by atoms with Crippen LogP contribution in [0.5, 0.6) is 5.75 Å². The first-order valence-corrected chi connectivity index (χ1v) is 22.6. The van der Waals surface area contributed by atoms with Gasteiger partial charge in [0.15, 0.2) is 5.96 Å². The number of nitrogens with one attached hydrogen (secondary N) is 6. The van der Waals surface area contributed by atoms with Crippen LogP contribution in [0.4, 0.5) is 4.79 Å². The number of aliphatic imine (C=N–C) groups is 1. The summed E-state index contributed by atoms with van der Waals surface area (Å²) in [6.45, 7) is 4.31. The summed E-state index contributed by atoms with van der Waals surface area (Å²) in [7, 11) is -4.29. The summed E-state index contributed by atoms with van der Waals surface area (Å²) < 4.78 is 38.2. The summed E-state index contributed by atoms with van der Waals surface area (Å²) in [4.78, 5) is 93.1. The van der Waals surface area contributed by atoms with Gasteiger partial charge >= 0.3 is 31.9 Å². The van der Waals surface area contributed by atoms with Crippen molar-refractivity contribution in [3.05, 3.63) is 29.8 Å². The number of sulfonamides is 1. The Hall–Kier alpha value is -5.19. The smallest absolute Gasteiger partial charge is 0.549 e. The maximum Gasteiger partial charge on any atom is 3.00 e. The normalized spacial score (nSPS) is 16.2. The fourth-order valence-corrected chi connectivity index (χ4v) is 7.50. The van der Waals surface area contributed by atoms with E-state index in [-0.39, 0.29) is 90.6 Å². The molecule has 27 heteroatoms. The summed E-state index contributed by atoms with van der Waals surface area (Å²) in [5, 5.41) is 57.8. The number of amides is 3. The molecule has 7 N–H and O–H groups in total. The minimum atomic E-state index is -4.29. The summed E-state index contributed by atoms with van der Waals surface area (Å²) in [6, 6.07) is 3.05. The number of benzene rings is 1. The van der Waals surface area contributed by atoms with E-state index in [1.54, 1.807) is 26.0 Å². The van der Waals surface area contributed by atoms with E-state index < -0.39 is 101 Å². The van der Waals surface area contributed by atoms with Crippen LogP contribution in [0.2, 0.25) is 0 Å². The van der Waals surface area contributed by atoms with Crippen LogP contribution in [0.25, 0.3) is 0 Å². The zero-order chi connectivity index (χ0) is 48.0. The second kappa shape index (κ2) is 28.8. The number of guanidine groups is 1. The molecule has 0 bridgehead atoms. The minimum Gasteiger partial charge on any atom is -0.549 e. The summed E-state index contributed by atoms with van der Waals surface area (Å²) in [5.74, 6) is -6.47. The van der Waals surface area contributed by atoms with Crippen molar-refractivity contribution in [3.8, 4) is 5.75 Å². The molecule has 2 atom stereocenters. The Morgan fingerprint density at radius 1 is 0.894 bits per heavy atom. The number of carboxylic acid groups (broad SMARTS) is 4. The summed E-state index contributed by atoms with van der Waals surface area (Å²) >= 11 is 0. The first-order chi connectivity index (χ1) is 30.7. The molecular weight excluding hydrogens is 950 g/mol. The predicted octanol–water partition coefficient (Wildman–Crippen LogP) is -7.09. The van der Waals surface area contributed by atoms with Crippen LogP contribution in [0.1, 0.15) is 43.5 Å². The SMILES string of the molecule is CC(C)(CNC(=O)CCC(C(=O)[O-])N1CCN(CC(=O)[O-])CCN(CC(=O)[O-])CC1)COC(=O)NCCS(=O)(=O)NC(CNC(=O)c1ccc(OCCNC2=NCCCN2)cc1)C(=O)O.[Ga+3]. The topological polar surface area (TPSA) is 356 Å². The maximum atomic E-state index is 12.8. The molecule has 1 fully saturated rings. The van der Waals surface area contributed by atoms with Gasteiger partial charge in [-0.3, -0.25) is 34.1 Å². The molecule has 2 heterocycles. The van der Waals surface area contributed by atoms with E-state index in [4.69, 9.17) is 9.47 Å². The predicted molar refractivity (Wildman–Crippen MR) is 230 cm³/mol. The Balaban J connectivity index is 0.0000150. The van der Waals surface area contributed by atoms with E-state index in [2.05, 4.69) is 31.6 Å². The Labute approximate surface area is 395 Å². The summed E-state index contributed by atoms with van der Waals surface area (Å²) in [6.07, 6.45) is -0.475. The van der Waals surface area contributed by atoms with Crippen LogP contribution < -0.4 is 51.4 Å². The molecule has 2 unspecified atom stereocenters. The van der Waals surface area contributed by atoms with Crippen LogP contribution in [0.15, 0.2) is 29.3 Å². The number of nitrogens with zero attached hydrogens (tertiary/aromatic N) is 4. The summed E-state index contributed by atoms with van der Waals surface area (Å²) in [5.41, 5.74) is -0.676. The zero-order valence-corrected chi connectivity index (χ0v) is 40.3. The van der Waals surface area contributed by atoms with Crippen LogP contribution in [-0.2, 0) is 38.7 Å². The largest absolute Gasteiger partial charge is 3.00 e. The van der Waals surface area contributed by atoms with Gasteiger partial charge in [0.25, 0.3) is 5.91 Å². The number of ether oxygens (including phenoxy) is 2. The van der Waals surface area contributed by atoms with Crippen molar-refractivity contribution in [2.75, 3.05) is 111 Å². The van der Waals surface area contributed by atoms with Crippen molar-refractivity contribution in [2.24, 2.45) is 10.4 Å². The van der Waals surface area contributed by atoms with Gasteiger partial charge in [-0.05, 0) is 37.1 Å². The first-order valence-electron chi connectivity index (χ1n) is 20.9. The van der Waals surface area contributed by atoms with Gasteiger partial charge in [0, 0.05) is 109 Å². The van der Waals surface area contributed by atoms with Gasteiger partial charge in [-0.1, -0.05) is 13.8 Å². The van der Waals surface area contributed by atoms with Gasteiger partial charge < -0.3 is 70.9 Å². The molecule has 2 aliphatic rings. The first kappa shape index (κ1) is 56.9. The van der Waals surface area contributed by atoms with Crippen LogP contribution in [-0.4, -0.2) is 218 Å². The molecule has 0 spiro atoms. The standard InChI is InChI=1S/C39H62N10O15S.Ga/c1-39(2,25-45-31(50)9-8-30(36(58)59)49-18-16-47(23-32(51)52)14-15-48(17-19-49)24-33(53)54)26-64-38(60)43-13-21-65(61,62)46-29(35(56)57)22-44-34(55)27-4-6-28(7-5-27)63-20-12-42-37-40-10-3-11-41-37;/h4-7,29-30,46H,3,8-26H2,1-2H3,(H,43,60)(H,44,55)(H,45,50)(H,51,52)(H,53,54)(H,56,57)(H,58,59)(H2,40,41,42);/q;+3/p-3. The fourth-order valence-electron chi connectivity index (χ4n) is 6.39. The third-order valence-electron chi connectivity index (χ3n) is 9.96. The Morgan fingerprint density at radius 3 is 2.08 bits per heavy atom. The van der Waals surface area contributed by atoms with Crippen molar-refractivity contribution in [3.63, 3.8) is 0 Å².